The first-order valence-corrected chi connectivity index (χ1v) is 7.12. The Morgan fingerprint density at radius 2 is 2.20 bits per heavy atom. The third-order valence-electron chi connectivity index (χ3n) is 4.03. The second kappa shape index (κ2) is 6.78. The minimum atomic E-state index is -0.111. The number of methoxy groups -OCH3 is 1. The molecule has 1 aromatic carbocycles. The SMILES string of the molecule is COc1ccc(C#CCO)c(CN(C)C(C)C2CC2)c1. The summed E-state index contributed by atoms with van der Waals surface area (Å²) in [7, 11) is 3.83. The fraction of sp³-hybridized carbons (Fsp3) is 0.529. The van der Waals surface area contributed by atoms with Crippen molar-refractivity contribution in [1.29, 1.82) is 0 Å². The lowest BCUT2D eigenvalue weighted by atomic mass is 10.1. The van der Waals surface area contributed by atoms with Crippen LogP contribution in [-0.2, 0) is 6.54 Å². The molecule has 1 fully saturated rings. The maximum absolute atomic E-state index is 8.86. The van der Waals surface area contributed by atoms with Crippen molar-refractivity contribution in [3.63, 3.8) is 0 Å². The lowest BCUT2D eigenvalue weighted by molar-refractivity contribution is 0.226. The van der Waals surface area contributed by atoms with Crippen molar-refractivity contribution >= 4 is 0 Å². The van der Waals surface area contributed by atoms with Crippen molar-refractivity contribution in [3.8, 4) is 17.6 Å². The van der Waals surface area contributed by atoms with Gasteiger partial charge in [0.2, 0.25) is 0 Å². The van der Waals surface area contributed by atoms with Crippen molar-refractivity contribution in [2.24, 2.45) is 5.92 Å². The van der Waals surface area contributed by atoms with Gasteiger partial charge in [-0.2, -0.15) is 0 Å². The van der Waals surface area contributed by atoms with Crippen LogP contribution in [-0.4, -0.2) is 36.8 Å². The summed E-state index contributed by atoms with van der Waals surface area (Å²) in [6.07, 6.45) is 2.70. The first kappa shape index (κ1) is 14.9. The van der Waals surface area contributed by atoms with Gasteiger partial charge in [0.25, 0.3) is 0 Å². The lowest BCUT2D eigenvalue weighted by Crippen LogP contribution is -2.30. The Morgan fingerprint density at radius 1 is 1.45 bits per heavy atom. The van der Waals surface area contributed by atoms with E-state index >= 15 is 0 Å². The average Bonchev–Trinajstić information content (AvgIpc) is 3.29. The molecule has 20 heavy (non-hydrogen) atoms. The summed E-state index contributed by atoms with van der Waals surface area (Å²) in [6.45, 7) is 3.03. The quantitative estimate of drug-likeness (QED) is 0.835. The topological polar surface area (TPSA) is 32.7 Å². The summed E-state index contributed by atoms with van der Waals surface area (Å²) in [6, 6.07) is 6.51. The molecule has 1 aliphatic rings. The molecule has 3 nitrogen and oxygen atoms in total. The molecule has 0 spiro atoms. The summed E-state index contributed by atoms with van der Waals surface area (Å²) in [5.41, 5.74) is 2.12. The first-order chi connectivity index (χ1) is 9.65. The van der Waals surface area contributed by atoms with Crippen molar-refractivity contribution in [2.45, 2.75) is 32.4 Å². The van der Waals surface area contributed by atoms with E-state index in [2.05, 4.69) is 30.7 Å². The molecular weight excluding hydrogens is 250 g/mol. The third-order valence-corrected chi connectivity index (χ3v) is 4.03. The van der Waals surface area contributed by atoms with E-state index in [0.717, 1.165) is 29.3 Å². The summed E-state index contributed by atoms with van der Waals surface area (Å²) in [5.74, 6) is 7.44. The van der Waals surface area contributed by atoms with Crippen LogP contribution in [0.15, 0.2) is 18.2 Å². The number of aliphatic hydroxyl groups is 1. The van der Waals surface area contributed by atoms with Crippen molar-refractivity contribution in [3.05, 3.63) is 29.3 Å². The molecule has 0 saturated heterocycles. The molecule has 0 heterocycles. The monoisotopic (exact) mass is 273 g/mol. The Balaban J connectivity index is 2.18. The molecule has 3 heteroatoms. The van der Waals surface area contributed by atoms with Gasteiger partial charge in [-0.15, -0.1) is 0 Å². The van der Waals surface area contributed by atoms with E-state index in [9.17, 15) is 0 Å². The van der Waals surface area contributed by atoms with Crippen LogP contribution >= 0.6 is 0 Å². The van der Waals surface area contributed by atoms with Gasteiger partial charge in [0.1, 0.15) is 12.4 Å². The molecule has 108 valence electrons. The second-order valence-electron chi connectivity index (χ2n) is 5.48. The minimum Gasteiger partial charge on any atom is -0.497 e. The largest absolute Gasteiger partial charge is 0.497 e. The Morgan fingerprint density at radius 3 is 2.80 bits per heavy atom. The smallest absolute Gasteiger partial charge is 0.119 e. The van der Waals surface area contributed by atoms with Gasteiger partial charge in [-0.25, -0.2) is 0 Å². The van der Waals surface area contributed by atoms with Gasteiger partial charge in [0, 0.05) is 18.2 Å². The van der Waals surface area contributed by atoms with Crippen LogP contribution in [0.4, 0.5) is 0 Å². The summed E-state index contributed by atoms with van der Waals surface area (Å²) >= 11 is 0. The second-order valence-corrected chi connectivity index (χ2v) is 5.48. The highest BCUT2D eigenvalue weighted by Crippen LogP contribution is 2.35. The number of nitrogens with zero attached hydrogens (tertiary/aromatic N) is 1. The van der Waals surface area contributed by atoms with E-state index in [1.165, 1.54) is 12.8 Å². The predicted molar refractivity (Wildman–Crippen MR) is 80.6 cm³/mol. The van der Waals surface area contributed by atoms with E-state index in [1.54, 1.807) is 7.11 Å². The van der Waals surface area contributed by atoms with E-state index in [4.69, 9.17) is 9.84 Å². The van der Waals surface area contributed by atoms with Gasteiger partial charge < -0.3 is 9.84 Å². The Kier molecular flexibility index (Phi) is 5.05. The van der Waals surface area contributed by atoms with E-state index in [1.807, 2.05) is 18.2 Å². The van der Waals surface area contributed by atoms with Gasteiger partial charge in [-0.1, -0.05) is 11.8 Å². The maximum Gasteiger partial charge on any atom is 0.119 e. The van der Waals surface area contributed by atoms with Crippen molar-refractivity contribution in [1.82, 2.24) is 4.90 Å². The highest BCUT2D eigenvalue weighted by molar-refractivity contribution is 5.45. The minimum absolute atomic E-state index is 0.111. The highest BCUT2D eigenvalue weighted by atomic mass is 16.5. The van der Waals surface area contributed by atoms with Crippen LogP contribution in [0.5, 0.6) is 5.75 Å². The summed E-state index contributed by atoms with van der Waals surface area (Å²) in [5, 5.41) is 8.86. The van der Waals surface area contributed by atoms with Crippen molar-refractivity contribution < 1.29 is 9.84 Å². The van der Waals surface area contributed by atoms with Crippen LogP contribution in [0.1, 0.15) is 30.9 Å². The molecule has 0 aromatic heterocycles. The lowest BCUT2D eigenvalue weighted by Gasteiger charge is -2.25. The molecule has 0 radical (unpaired) electrons. The molecule has 0 bridgehead atoms. The molecule has 0 aliphatic heterocycles. The molecule has 1 aromatic rings. The molecule has 1 N–H and O–H groups in total. The van der Waals surface area contributed by atoms with Crippen molar-refractivity contribution in [2.75, 3.05) is 20.8 Å². The molecule has 2 rings (SSSR count). The predicted octanol–water partition coefficient (Wildman–Crippen LogP) is 2.27. The van der Waals surface area contributed by atoms with Gasteiger partial charge in [-0.05, 0) is 56.5 Å². The van der Waals surface area contributed by atoms with E-state index in [-0.39, 0.29) is 6.61 Å². The van der Waals surface area contributed by atoms with Gasteiger partial charge in [0.05, 0.1) is 7.11 Å². The van der Waals surface area contributed by atoms with Gasteiger partial charge >= 0.3 is 0 Å². The third kappa shape index (κ3) is 3.75. The van der Waals surface area contributed by atoms with Crippen LogP contribution in [0.2, 0.25) is 0 Å². The standard InChI is InChI=1S/C17H23NO2/c1-13(14-6-7-14)18(2)12-16-11-17(20-3)9-8-15(16)5-4-10-19/h8-9,11,13-14,19H,6-7,10,12H2,1-3H3. The van der Waals surface area contributed by atoms with Gasteiger partial charge in [0.15, 0.2) is 0 Å². The number of hydrogen-bond donors (Lipinski definition) is 1. The zero-order chi connectivity index (χ0) is 14.5. The Hall–Kier alpha value is -1.50. The molecule has 0 amide bonds. The van der Waals surface area contributed by atoms with E-state index < -0.39 is 0 Å². The number of hydrogen-bond acceptors (Lipinski definition) is 3. The first-order valence-electron chi connectivity index (χ1n) is 7.12. The fourth-order valence-electron chi connectivity index (χ4n) is 2.44. The zero-order valence-electron chi connectivity index (χ0n) is 12.5. The van der Waals surface area contributed by atoms with Crippen LogP contribution in [0, 0.1) is 17.8 Å². The van der Waals surface area contributed by atoms with E-state index in [0.29, 0.717) is 6.04 Å². The Bertz CT molecular complexity index is 511. The zero-order valence-corrected chi connectivity index (χ0v) is 12.5. The number of aliphatic hydroxyl groups excluding tert-OH is 1. The fourth-order valence-corrected chi connectivity index (χ4v) is 2.44. The summed E-state index contributed by atoms with van der Waals surface area (Å²) < 4.78 is 5.30. The van der Waals surface area contributed by atoms with Crippen LogP contribution in [0.25, 0.3) is 0 Å². The summed E-state index contributed by atoms with van der Waals surface area (Å²) in [4.78, 5) is 2.37. The van der Waals surface area contributed by atoms with Crippen LogP contribution in [0.3, 0.4) is 0 Å². The normalized spacial score (nSPS) is 15.7. The maximum atomic E-state index is 8.86. The number of benzene rings is 1. The Labute approximate surface area is 121 Å². The average molecular weight is 273 g/mol. The molecule has 1 aliphatic carbocycles. The molecule has 1 unspecified atom stereocenters. The molecule has 1 atom stereocenters. The van der Waals surface area contributed by atoms with Gasteiger partial charge in [-0.3, -0.25) is 4.90 Å². The molecule has 1 saturated carbocycles. The molecular formula is C17H23NO2. The highest BCUT2D eigenvalue weighted by Gasteiger charge is 2.30. The number of ether oxygens (including phenoxy) is 1. The number of rotatable bonds is 5. The van der Waals surface area contributed by atoms with Crippen LogP contribution < -0.4 is 4.74 Å².